The minimum atomic E-state index is -0.222. The number of pyridine rings is 1. The highest BCUT2D eigenvalue weighted by atomic mass is 16.2. The molecule has 5 rings (SSSR count). The summed E-state index contributed by atoms with van der Waals surface area (Å²) >= 11 is 0. The maximum absolute atomic E-state index is 12.2. The normalized spacial score (nSPS) is 15.9. The van der Waals surface area contributed by atoms with Gasteiger partial charge in [0.1, 0.15) is 12.1 Å². The summed E-state index contributed by atoms with van der Waals surface area (Å²) in [4.78, 5) is 30.0. The van der Waals surface area contributed by atoms with Gasteiger partial charge in [-0.15, -0.1) is 0 Å². The van der Waals surface area contributed by atoms with Crippen LogP contribution in [0.5, 0.6) is 0 Å². The summed E-state index contributed by atoms with van der Waals surface area (Å²) < 4.78 is 0. The number of piperazine rings is 1. The van der Waals surface area contributed by atoms with Crippen LogP contribution in [0.1, 0.15) is 12.0 Å². The molecule has 1 aliphatic heterocycles. The van der Waals surface area contributed by atoms with Crippen LogP contribution in [0.3, 0.4) is 0 Å². The molecule has 1 amide bonds. The van der Waals surface area contributed by atoms with Crippen molar-refractivity contribution in [3.63, 3.8) is 0 Å². The van der Waals surface area contributed by atoms with Crippen molar-refractivity contribution in [3.8, 4) is 17.3 Å². The maximum Gasteiger partial charge on any atom is 0.246 e. The molecule has 2 aromatic carbocycles. The molecule has 3 heterocycles. The van der Waals surface area contributed by atoms with E-state index in [4.69, 9.17) is 4.98 Å². The van der Waals surface area contributed by atoms with E-state index in [1.807, 2.05) is 18.3 Å². The molecule has 0 aliphatic carbocycles. The Kier molecular flexibility index (Phi) is 5.64. The van der Waals surface area contributed by atoms with E-state index in [-0.39, 0.29) is 18.4 Å². The number of aromatic nitrogens is 3. The summed E-state index contributed by atoms with van der Waals surface area (Å²) in [6.07, 6.45) is 4.95. The van der Waals surface area contributed by atoms with E-state index >= 15 is 0 Å². The first-order valence-corrected chi connectivity index (χ1v) is 11.2. The Balaban J connectivity index is 1.53. The molecule has 1 saturated heterocycles. The second kappa shape index (κ2) is 8.91. The van der Waals surface area contributed by atoms with E-state index in [0.29, 0.717) is 19.6 Å². The van der Waals surface area contributed by atoms with Crippen LogP contribution in [-0.2, 0) is 4.79 Å². The molecule has 168 valence electrons. The summed E-state index contributed by atoms with van der Waals surface area (Å²) in [6.45, 7) is 7.33. The zero-order valence-corrected chi connectivity index (χ0v) is 19.0. The van der Waals surface area contributed by atoms with Gasteiger partial charge in [-0.3, -0.25) is 9.78 Å². The van der Waals surface area contributed by atoms with Crippen LogP contribution in [-0.4, -0.2) is 51.4 Å². The third kappa shape index (κ3) is 3.73. The molecule has 1 aliphatic rings. The predicted molar refractivity (Wildman–Crippen MR) is 133 cm³/mol. The number of rotatable bonds is 4. The van der Waals surface area contributed by atoms with Gasteiger partial charge < -0.3 is 9.80 Å². The second-order valence-corrected chi connectivity index (χ2v) is 8.46. The number of carbonyl (C=O) groups excluding carboxylic acids is 1. The fourth-order valence-corrected chi connectivity index (χ4v) is 4.82. The molecule has 0 radical (unpaired) electrons. The summed E-state index contributed by atoms with van der Waals surface area (Å²) in [7, 11) is 0. The summed E-state index contributed by atoms with van der Waals surface area (Å²) in [6, 6.07) is 16.5. The predicted octanol–water partition coefficient (Wildman–Crippen LogP) is 4.27. The Morgan fingerprint density at radius 2 is 2.03 bits per heavy atom. The molecule has 7 heteroatoms. The standard InChI is InChI=1S/C27H24N6O/c1-3-25(34)33-13-12-32(16-20(33)10-11-28)27-22-15-29-23(14-24(22)30-17-31-27)21-9-5-8-19-7-4-6-18(2)26(19)21/h3-9,14-15,17,20H,1,10,12-13,16H2,2H3. The quantitative estimate of drug-likeness (QED) is 0.434. The third-order valence-electron chi connectivity index (χ3n) is 6.46. The first-order valence-electron chi connectivity index (χ1n) is 11.2. The molecule has 0 bridgehead atoms. The molecule has 1 fully saturated rings. The highest BCUT2D eigenvalue weighted by Crippen LogP contribution is 2.33. The average molecular weight is 449 g/mol. The number of anilines is 1. The molecule has 1 atom stereocenters. The van der Waals surface area contributed by atoms with Crippen molar-refractivity contribution in [1.29, 1.82) is 5.26 Å². The van der Waals surface area contributed by atoms with Crippen molar-refractivity contribution in [2.75, 3.05) is 24.5 Å². The molecule has 2 aromatic heterocycles. The van der Waals surface area contributed by atoms with Crippen molar-refractivity contribution in [2.45, 2.75) is 19.4 Å². The van der Waals surface area contributed by atoms with Gasteiger partial charge in [0.2, 0.25) is 5.91 Å². The van der Waals surface area contributed by atoms with Gasteiger partial charge in [-0.05, 0) is 35.4 Å². The maximum atomic E-state index is 12.2. The molecule has 4 aromatic rings. The Morgan fingerprint density at radius 1 is 1.21 bits per heavy atom. The van der Waals surface area contributed by atoms with Crippen molar-refractivity contribution in [2.24, 2.45) is 0 Å². The van der Waals surface area contributed by atoms with Crippen LogP contribution < -0.4 is 4.90 Å². The Morgan fingerprint density at radius 3 is 2.82 bits per heavy atom. The average Bonchev–Trinajstić information content (AvgIpc) is 2.87. The van der Waals surface area contributed by atoms with Crippen LogP contribution in [0.25, 0.3) is 32.9 Å². The van der Waals surface area contributed by atoms with Crippen LogP contribution in [0.4, 0.5) is 5.82 Å². The van der Waals surface area contributed by atoms with Gasteiger partial charge in [-0.2, -0.15) is 5.26 Å². The lowest BCUT2D eigenvalue weighted by atomic mass is 9.97. The van der Waals surface area contributed by atoms with E-state index in [2.05, 4.69) is 64.8 Å². The fourth-order valence-electron chi connectivity index (χ4n) is 4.82. The summed E-state index contributed by atoms with van der Waals surface area (Å²) in [5.41, 5.74) is 3.94. The van der Waals surface area contributed by atoms with E-state index in [1.165, 1.54) is 22.4 Å². The van der Waals surface area contributed by atoms with Gasteiger partial charge in [-0.1, -0.05) is 43.0 Å². The van der Waals surface area contributed by atoms with Crippen LogP contribution in [0.2, 0.25) is 0 Å². The smallest absolute Gasteiger partial charge is 0.246 e. The number of benzene rings is 2. The van der Waals surface area contributed by atoms with E-state index in [0.717, 1.165) is 28.0 Å². The first-order chi connectivity index (χ1) is 16.6. The molecule has 0 saturated carbocycles. The monoisotopic (exact) mass is 448 g/mol. The summed E-state index contributed by atoms with van der Waals surface area (Å²) in [5.74, 6) is 0.621. The van der Waals surface area contributed by atoms with Gasteiger partial charge in [0.15, 0.2) is 0 Å². The van der Waals surface area contributed by atoms with Gasteiger partial charge in [0, 0.05) is 31.4 Å². The Bertz CT molecular complexity index is 1450. The van der Waals surface area contributed by atoms with E-state index in [9.17, 15) is 10.1 Å². The molecule has 34 heavy (non-hydrogen) atoms. The lowest BCUT2D eigenvalue weighted by molar-refractivity contribution is -0.128. The fraction of sp³-hybridized carbons (Fsp3) is 0.222. The number of amides is 1. The molecule has 7 nitrogen and oxygen atoms in total. The van der Waals surface area contributed by atoms with Gasteiger partial charge >= 0.3 is 0 Å². The van der Waals surface area contributed by atoms with Gasteiger partial charge in [0.05, 0.1) is 35.1 Å². The number of nitrogens with zero attached hydrogens (tertiary/aromatic N) is 6. The number of nitriles is 1. The topological polar surface area (TPSA) is 86.0 Å². The summed E-state index contributed by atoms with van der Waals surface area (Å²) in [5, 5.41) is 12.5. The minimum absolute atomic E-state index is 0.149. The number of fused-ring (bicyclic) bond motifs is 2. The molecule has 0 spiro atoms. The van der Waals surface area contributed by atoms with Crippen molar-refractivity contribution < 1.29 is 4.79 Å². The largest absolute Gasteiger partial charge is 0.352 e. The number of hydrogen-bond donors (Lipinski definition) is 0. The van der Waals surface area contributed by atoms with Crippen LogP contribution >= 0.6 is 0 Å². The van der Waals surface area contributed by atoms with Crippen molar-refractivity contribution >= 4 is 33.4 Å². The zero-order chi connectivity index (χ0) is 23.7. The first kappa shape index (κ1) is 21.5. The second-order valence-electron chi connectivity index (χ2n) is 8.46. The molecule has 0 N–H and O–H groups in total. The van der Waals surface area contributed by atoms with Gasteiger partial charge in [-0.25, -0.2) is 9.97 Å². The SMILES string of the molecule is C=CC(=O)N1CCN(c2ncnc3cc(-c4cccc5cccc(C)c45)ncc23)CC1CC#N. The molecule has 1 unspecified atom stereocenters. The zero-order valence-electron chi connectivity index (χ0n) is 19.0. The lowest BCUT2D eigenvalue weighted by Crippen LogP contribution is -2.55. The van der Waals surface area contributed by atoms with Crippen molar-refractivity contribution in [3.05, 3.63) is 73.2 Å². The van der Waals surface area contributed by atoms with Crippen LogP contribution in [0.15, 0.2) is 67.6 Å². The highest BCUT2D eigenvalue weighted by molar-refractivity contribution is 6.00. The molecular formula is C27H24N6O. The van der Waals surface area contributed by atoms with E-state index in [1.54, 1.807) is 11.2 Å². The minimum Gasteiger partial charge on any atom is -0.352 e. The number of aryl methyl sites for hydroxylation is 1. The number of hydrogen-bond acceptors (Lipinski definition) is 6. The highest BCUT2D eigenvalue weighted by Gasteiger charge is 2.30. The third-order valence-corrected chi connectivity index (χ3v) is 6.46. The molecular weight excluding hydrogens is 424 g/mol. The lowest BCUT2D eigenvalue weighted by Gasteiger charge is -2.40. The van der Waals surface area contributed by atoms with E-state index < -0.39 is 0 Å². The Hall–Kier alpha value is -4.31. The van der Waals surface area contributed by atoms with Crippen molar-refractivity contribution in [1.82, 2.24) is 19.9 Å². The number of carbonyl (C=O) groups is 1. The van der Waals surface area contributed by atoms with Crippen LogP contribution in [0, 0.1) is 18.3 Å². The Labute approximate surface area is 198 Å². The van der Waals surface area contributed by atoms with Gasteiger partial charge in [0.25, 0.3) is 0 Å².